The standard InChI is InChI=1S/C41H36BrN3O6/c1-23-13-15-27(16-14-23)43-45-38(48)31-21-30-28(17-18-29-34(30)39(49)44(37(29)47)22-24-9-5-3-6-10-24)35(25-19-32(42)36(46)33(20-25)51-2)41(31,40(45)50)26-11-7-4-8-12-26/h3-17,19-20,29-31,34-35,43,46H,18,21-22H2,1-2H3/t29-,30+,31-,34-,35-,41+/m0/s1. The van der Waals surface area contributed by atoms with Gasteiger partial charge in [-0.25, -0.2) is 0 Å². The lowest BCUT2D eigenvalue weighted by Gasteiger charge is -2.50. The van der Waals surface area contributed by atoms with Gasteiger partial charge >= 0.3 is 0 Å². The van der Waals surface area contributed by atoms with Gasteiger partial charge in [0.05, 0.1) is 47.0 Å². The fourth-order valence-corrected chi connectivity index (χ4v) is 9.48. The summed E-state index contributed by atoms with van der Waals surface area (Å²) in [5.41, 5.74) is 6.29. The summed E-state index contributed by atoms with van der Waals surface area (Å²) < 4.78 is 5.95. The van der Waals surface area contributed by atoms with Crippen LogP contribution in [0.1, 0.15) is 41.0 Å². The summed E-state index contributed by atoms with van der Waals surface area (Å²) in [5, 5.41) is 12.0. The molecule has 0 aromatic heterocycles. The number of allylic oxidation sites excluding steroid dienone is 2. The molecule has 2 N–H and O–H groups in total. The maximum Gasteiger partial charge on any atom is 0.260 e. The molecule has 0 bridgehead atoms. The molecule has 4 amide bonds. The molecule has 258 valence electrons. The first kappa shape index (κ1) is 33.0. The van der Waals surface area contributed by atoms with E-state index >= 15 is 4.79 Å². The number of methoxy groups -OCH3 is 1. The van der Waals surface area contributed by atoms with Gasteiger partial charge in [-0.05, 0) is 82.6 Å². The molecular formula is C41H36BrN3O6. The number of halogens is 1. The molecule has 3 fully saturated rings. The van der Waals surface area contributed by atoms with E-state index in [1.165, 1.54) is 12.0 Å². The summed E-state index contributed by atoms with van der Waals surface area (Å²) in [4.78, 5) is 59.8. The fourth-order valence-electron chi connectivity index (χ4n) is 9.03. The SMILES string of the molecule is COc1cc([C@H]2C3=CC[C@@H]4C(=O)N(Cc5ccccc5)C(=O)[C@@H]4[C@@H]3C[C@H]3C(=O)N(Nc4ccc(C)cc4)C(=O)[C@@]23c2ccccc2)cc(Br)c1O. The number of phenols is 1. The van der Waals surface area contributed by atoms with Crippen molar-refractivity contribution in [3.05, 3.63) is 135 Å². The molecule has 1 saturated carbocycles. The molecule has 10 heteroatoms. The lowest BCUT2D eigenvalue weighted by atomic mass is 9.49. The molecule has 51 heavy (non-hydrogen) atoms. The van der Waals surface area contributed by atoms with E-state index in [0.29, 0.717) is 27.7 Å². The maximum absolute atomic E-state index is 15.3. The first-order chi connectivity index (χ1) is 24.6. The third kappa shape index (κ3) is 5.02. The number of carbonyl (C=O) groups is 4. The van der Waals surface area contributed by atoms with Crippen molar-refractivity contribution in [1.82, 2.24) is 9.91 Å². The van der Waals surface area contributed by atoms with Crippen molar-refractivity contribution < 1.29 is 29.0 Å². The quantitative estimate of drug-likeness (QED) is 0.161. The second-order valence-electron chi connectivity index (χ2n) is 13.9. The molecule has 9 nitrogen and oxygen atoms in total. The topological polar surface area (TPSA) is 116 Å². The molecule has 4 aliphatic rings. The van der Waals surface area contributed by atoms with Gasteiger partial charge in [-0.1, -0.05) is 90.0 Å². The van der Waals surface area contributed by atoms with Crippen LogP contribution in [0, 0.1) is 30.6 Å². The van der Waals surface area contributed by atoms with Crippen LogP contribution in [0.15, 0.2) is 113 Å². The Kier molecular flexibility index (Phi) is 8.09. The zero-order valence-corrected chi connectivity index (χ0v) is 29.7. The van der Waals surface area contributed by atoms with E-state index in [0.717, 1.165) is 21.7 Å². The second-order valence-corrected chi connectivity index (χ2v) is 14.7. The monoisotopic (exact) mass is 745 g/mol. The van der Waals surface area contributed by atoms with Gasteiger partial charge in [-0.15, -0.1) is 0 Å². The molecule has 0 radical (unpaired) electrons. The average Bonchev–Trinajstić information content (AvgIpc) is 3.51. The number of carbonyl (C=O) groups excluding carboxylic acids is 4. The highest BCUT2D eigenvalue weighted by Gasteiger charge is 2.70. The lowest BCUT2D eigenvalue weighted by Crippen LogP contribution is -2.53. The summed E-state index contributed by atoms with van der Waals surface area (Å²) in [6.45, 7) is 2.13. The zero-order chi connectivity index (χ0) is 35.6. The molecule has 0 unspecified atom stereocenters. The number of ether oxygens (including phenoxy) is 1. The average molecular weight is 747 g/mol. The van der Waals surface area contributed by atoms with Crippen LogP contribution < -0.4 is 10.2 Å². The molecule has 6 atom stereocenters. The van der Waals surface area contributed by atoms with Crippen LogP contribution in [-0.4, -0.2) is 45.8 Å². The van der Waals surface area contributed by atoms with Gasteiger partial charge in [-0.2, -0.15) is 5.01 Å². The van der Waals surface area contributed by atoms with Crippen molar-refractivity contribution >= 4 is 45.2 Å². The molecule has 2 aliphatic carbocycles. The van der Waals surface area contributed by atoms with Gasteiger partial charge in [0.25, 0.3) is 11.8 Å². The van der Waals surface area contributed by atoms with Crippen LogP contribution in [-0.2, 0) is 31.1 Å². The van der Waals surface area contributed by atoms with Crippen molar-refractivity contribution in [2.75, 3.05) is 12.5 Å². The number of fused-ring (bicyclic) bond motifs is 4. The molecule has 2 heterocycles. The van der Waals surface area contributed by atoms with E-state index in [1.807, 2.05) is 97.9 Å². The lowest BCUT2D eigenvalue weighted by molar-refractivity contribution is -0.142. The van der Waals surface area contributed by atoms with Crippen LogP contribution in [0.4, 0.5) is 5.69 Å². The highest BCUT2D eigenvalue weighted by Crippen LogP contribution is 2.64. The molecule has 0 spiro atoms. The molecule has 2 saturated heterocycles. The number of nitrogens with one attached hydrogen (secondary N) is 1. The highest BCUT2D eigenvalue weighted by atomic mass is 79.9. The van der Waals surface area contributed by atoms with Crippen molar-refractivity contribution in [1.29, 1.82) is 0 Å². The van der Waals surface area contributed by atoms with Gasteiger partial charge in [-0.3, -0.25) is 29.5 Å². The van der Waals surface area contributed by atoms with Crippen LogP contribution in [0.2, 0.25) is 0 Å². The third-order valence-electron chi connectivity index (χ3n) is 11.3. The Morgan fingerprint density at radius 2 is 1.57 bits per heavy atom. The van der Waals surface area contributed by atoms with E-state index in [4.69, 9.17) is 4.74 Å². The summed E-state index contributed by atoms with van der Waals surface area (Å²) >= 11 is 3.50. The Balaban J connectivity index is 1.32. The summed E-state index contributed by atoms with van der Waals surface area (Å²) in [6.07, 6.45) is 2.54. The van der Waals surface area contributed by atoms with E-state index in [9.17, 15) is 19.5 Å². The fraction of sp³-hybridized carbons (Fsp3) is 0.268. The van der Waals surface area contributed by atoms with Crippen LogP contribution in [0.25, 0.3) is 0 Å². The first-order valence-electron chi connectivity index (χ1n) is 17.1. The first-order valence-corrected chi connectivity index (χ1v) is 17.9. The Bertz CT molecular complexity index is 2100. The number of hydrogen-bond donors (Lipinski definition) is 2. The largest absolute Gasteiger partial charge is 0.503 e. The third-order valence-corrected chi connectivity index (χ3v) is 11.9. The predicted molar refractivity (Wildman–Crippen MR) is 193 cm³/mol. The number of aryl methyl sites for hydroxylation is 1. The number of rotatable bonds is 7. The number of benzene rings is 4. The minimum Gasteiger partial charge on any atom is -0.503 e. The van der Waals surface area contributed by atoms with Gasteiger partial charge in [0.2, 0.25) is 11.8 Å². The number of phenolic OH excluding ortho intramolecular Hbond substituents is 1. The van der Waals surface area contributed by atoms with Crippen molar-refractivity contribution in [3.63, 3.8) is 0 Å². The van der Waals surface area contributed by atoms with Crippen molar-refractivity contribution in [2.24, 2.45) is 23.7 Å². The molecule has 4 aromatic carbocycles. The van der Waals surface area contributed by atoms with Crippen molar-refractivity contribution in [2.45, 2.75) is 37.6 Å². The molecular weight excluding hydrogens is 710 g/mol. The smallest absolute Gasteiger partial charge is 0.260 e. The minimum atomic E-state index is -1.43. The van der Waals surface area contributed by atoms with Crippen LogP contribution in [0.3, 0.4) is 0 Å². The Hall–Kier alpha value is -5.22. The number of amides is 4. The number of nitrogens with zero attached hydrogens (tertiary/aromatic N) is 2. The van der Waals surface area contributed by atoms with Gasteiger partial charge in [0.15, 0.2) is 11.5 Å². The zero-order valence-electron chi connectivity index (χ0n) is 28.1. The minimum absolute atomic E-state index is 0.0961. The van der Waals surface area contributed by atoms with Gasteiger partial charge < -0.3 is 9.84 Å². The number of hydrazine groups is 1. The van der Waals surface area contributed by atoms with Crippen LogP contribution >= 0.6 is 15.9 Å². The molecule has 8 rings (SSSR count). The molecule has 4 aromatic rings. The van der Waals surface area contributed by atoms with E-state index in [-0.39, 0.29) is 36.3 Å². The number of anilines is 1. The number of imide groups is 2. The van der Waals surface area contributed by atoms with Crippen LogP contribution in [0.5, 0.6) is 11.5 Å². The van der Waals surface area contributed by atoms with E-state index in [1.54, 1.807) is 12.1 Å². The Morgan fingerprint density at radius 3 is 2.25 bits per heavy atom. The normalized spacial score (nSPS) is 26.8. The van der Waals surface area contributed by atoms with Gasteiger partial charge in [0.1, 0.15) is 0 Å². The second kappa shape index (κ2) is 12.5. The maximum atomic E-state index is 15.3. The Morgan fingerprint density at radius 1 is 0.882 bits per heavy atom. The summed E-state index contributed by atoms with van der Waals surface area (Å²) in [6, 6.07) is 29.7. The Labute approximate surface area is 304 Å². The number of aromatic hydroxyl groups is 1. The summed E-state index contributed by atoms with van der Waals surface area (Å²) in [7, 11) is 1.46. The predicted octanol–water partition coefficient (Wildman–Crippen LogP) is 6.66. The summed E-state index contributed by atoms with van der Waals surface area (Å²) in [5.74, 6) is -4.60. The van der Waals surface area contributed by atoms with Crippen molar-refractivity contribution in [3.8, 4) is 11.5 Å². The number of likely N-dealkylation sites (tertiary alicyclic amines) is 1. The van der Waals surface area contributed by atoms with E-state index in [2.05, 4.69) is 21.4 Å². The van der Waals surface area contributed by atoms with E-state index < -0.39 is 46.8 Å². The highest BCUT2D eigenvalue weighted by molar-refractivity contribution is 9.10. The van der Waals surface area contributed by atoms with Gasteiger partial charge in [0, 0.05) is 5.92 Å². The molecule has 2 aliphatic heterocycles. The number of hydrogen-bond acceptors (Lipinski definition) is 7.